The average Bonchev–Trinajstić information content (AvgIpc) is 3.28. The summed E-state index contributed by atoms with van der Waals surface area (Å²) in [5, 5.41) is 12.3. The van der Waals surface area contributed by atoms with Crippen molar-refractivity contribution in [1.29, 1.82) is 0 Å². The Hall–Kier alpha value is -4.10. The van der Waals surface area contributed by atoms with E-state index in [0.29, 0.717) is 20.9 Å². The van der Waals surface area contributed by atoms with Crippen molar-refractivity contribution in [2.75, 3.05) is 0 Å². The lowest BCUT2D eigenvalue weighted by atomic mass is 10.1. The molecule has 39 heavy (non-hydrogen) atoms. The standard InChI is InChI=1S/C30H19Cl3N2O4/c31-20-7-5-19-6-9-22(34-25(19)14-20)8-4-17-2-1-3-18(12-17)16-39-27(36)11-10-23-28-24(33)13-21(32)15-26(28)35-29(23)30(37)38/h1-15,35H,16H2,(H,37,38)/b8-4+,11-10+. The van der Waals surface area contributed by atoms with Crippen molar-refractivity contribution in [3.8, 4) is 0 Å². The Bertz CT molecular complexity index is 1810. The molecular weight excluding hydrogens is 559 g/mol. The highest BCUT2D eigenvalue weighted by Gasteiger charge is 2.18. The first-order valence-electron chi connectivity index (χ1n) is 11.7. The quantitative estimate of drug-likeness (QED) is 0.150. The van der Waals surface area contributed by atoms with Crippen LogP contribution in [-0.2, 0) is 16.1 Å². The van der Waals surface area contributed by atoms with Gasteiger partial charge in [0.15, 0.2) is 0 Å². The molecule has 3 aromatic carbocycles. The molecule has 0 bridgehead atoms. The number of benzene rings is 3. The number of carbonyl (C=O) groups excluding carboxylic acids is 1. The Balaban J connectivity index is 1.27. The van der Waals surface area contributed by atoms with E-state index in [-0.39, 0.29) is 22.9 Å². The Labute approximate surface area is 238 Å². The van der Waals surface area contributed by atoms with Gasteiger partial charge in [0.05, 0.1) is 16.2 Å². The van der Waals surface area contributed by atoms with Crippen LogP contribution in [0.5, 0.6) is 0 Å². The van der Waals surface area contributed by atoms with Crippen LogP contribution in [0.4, 0.5) is 0 Å². The molecule has 0 aliphatic carbocycles. The topological polar surface area (TPSA) is 92.3 Å². The van der Waals surface area contributed by atoms with Gasteiger partial charge in [-0.1, -0.05) is 71.2 Å². The summed E-state index contributed by atoms with van der Waals surface area (Å²) < 4.78 is 5.38. The fourth-order valence-corrected chi connectivity index (χ4v) is 4.89. The average molecular weight is 578 g/mol. The summed E-state index contributed by atoms with van der Waals surface area (Å²) in [4.78, 5) is 31.6. The predicted molar refractivity (Wildman–Crippen MR) is 156 cm³/mol. The van der Waals surface area contributed by atoms with E-state index in [2.05, 4.69) is 9.97 Å². The highest BCUT2D eigenvalue weighted by molar-refractivity contribution is 6.39. The zero-order valence-corrected chi connectivity index (χ0v) is 22.4. The van der Waals surface area contributed by atoms with Crippen molar-refractivity contribution in [2.24, 2.45) is 0 Å². The molecule has 6 nitrogen and oxygen atoms in total. The van der Waals surface area contributed by atoms with E-state index >= 15 is 0 Å². The number of carbonyl (C=O) groups is 2. The molecule has 0 saturated carbocycles. The fraction of sp³-hybridized carbons (Fsp3) is 0.0333. The summed E-state index contributed by atoms with van der Waals surface area (Å²) in [6.45, 7) is 0.0353. The molecule has 0 unspecified atom stereocenters. The first-order valence-corrected chi connectivity index (χ1v) is 12.8. The van der Waals surface area contributed by atoms with E-state index in [1.54, 1.807) is 6.07 Å². The van der Waals surface area contributed by atoms with Crippen LogP contribution in [0.1, 0.15) is 32.9 Å². The molecule has 0 fully saturated rings. The van der Waals surface area contributed by atoms with Crippen molar-refractivity contribution in [3.05, 3.63) is 116 Å². The number of hydrogen-bond acceptors (Lipinski definition) is 4. The Kier molecular flexibility index (Phi) is 7.70. The molecule has 0 spiro atoms. The summed E-state index contributed by atoms with van der Waals surface area (Å²) >= 11 is 18.4. The van der Waals surface area contributed by atoms with Gasteiger partial charge in [0.25, 0.3) is 0 Å². The number of carboxylic acids is 1. The highest BCUT2D eigenvalue weighted by Crippen LogP contribution is 2.33. The van der Waals surface area contributed by atoms with Crippen molar-refractivity contribution in [3.63, 3.8) is 0 Å². The normalized spacial score (nSPS) is 11.7. The number of carboxylic acid groups (broad SMARTS) is 1. The minimum atomic E-state index is -1.20. The number of esters is 1. The van der Waals surface area contributed by atoms with Gasteiger partial charge < -0.3 is 14.8 Å². The number of nitrogens with zero attached hydrogens (tertiary/aromatic N) is 1. The molecule has 0 radical (unpaired) electrons. The van der Waals surface area contributed by atoms with Crippen molar-refractivity contribution in [2.45, 2.75) is 6.61 Å². The summed E-state index contributed by atoms with van der Waals surface area (Å²) in [6.07, 6.45) is 6.35. The SMILES string of the molecule is O=C(/C=C/c1c(C(=O)O)[nH]c2cc(Cl)cc(Cl)c12)OCc1cccc(/C=C/c2ccc3ccc(Cl)cc3n2)c1. The highest BCUT2D eigenvalue weighted by atomic mass is 35.5. The van der Waals surface area contributed by atoms with E-state index in [1.165, 1.54) is 18.2 Å². The lowest BCUT2D eigenvalue weighted by Crippen LogP contribution is -2.02. The number of ether oxygens (including phenoxy) is 1. The van der Waals surface area contributed by atoms with Crippen molar-refractivity contribution in [1.82, 2.24) is 9.97 Å². The molecule has 0 amide bonds. The van der Waals surface area contributed by atoms with Gasteiger partial charge in [-0.25, -0.2) is 14.6 Å². The minimum absolute atomic E-state index is 0.0353. The number of nitrogens with one attached hydrogen (secondary N) is 1. The summed E-state index contributed by atoms with van der Waals surface area (Å²) in [5.41, 5.74) is 3.89. The molecule has 194 valence electrons. The lowest BCUT2D eigenvalue weighted by molar-refractivity contribution is -0.138. The maximum atomic E-state index is 12.4. The van der Waals surface area contributed by atoms with Gasteiger partial charge in [-0.2, -0.15) is 0 Å². The van der Waals surface area contributed by atoms with Crippen molar-refractivity contribution >= 4 is 86.8 Å². The third-order valence-corrected chi connectivity index (χ3v) is 6.66. The molecule has 2 aromatic heterocycles. The number of aromatic amines is 1. The van der Waals surface area contributed by atoms with Gasteiger partial charge in [-0.15, -0.1) is 0 Å². The maximum absolute atomic E-state index is 12.4. The maximum Gasteiger partial charge on any atom is 0.352 e. The number of fused-ring (bicyclic) bond motifs is 2. The minimum Gasteiger partial charge on any atom is -0.477 e. The molecule has 2 heterocycles. The van der Waals surface area contributed by atoms with Crippen LogP contribution in [0.25, 0.3) is 40.0 Å². The zero-order chi connectivity index (χ0) is 27.5. The second-order valence-electron chi connectivity index (χ2n) is 8.62. The van der Waals surface area contributed by atoms with Gasteiger partial charge in [0, 0.05) is 38.0 Å². The number of aromatic carboxylic acids is 1. The van der Waals surface area contributed by atoms with Crippen LogP contribution in [0.15, 0.2) is 72.8 Å². The number of hydrogen-bond donors (Lipinski definition) is 2. The van der Waals surface area contributed by atoms with E-state index in [1.807, 2.05) is 66.7 Å². The van der Waals surface area contributed by atoms with Gasteiger partial charge in [0.2, 0.25) is 0 Å². The van der Waals surface area contributed by atoms with Gasteiger partial charge in [-0.05, 0) is 59.7 Å². The van der Waals surface area contributed by atoms with Gasteiger partial charge in [0.1, 0.15) is 12.3 Å². The van der Waals surface area contributed by atoms with E-state index < -0.39 is 11.9 Å². The molecule has 9 heteroatoms. The van der Waals surface area contributed by atoms with Crippen LogP contribution in [-0.4, -0.2) is 27.0 Å². The molecule has 2 N–H and O–H groups in total. The Morgan fingerprint density at radius 3 is 2.56 bits per heavy atom. The van der Waals surface area contributed by atoms with Gasteiger partial charge >= 0.3 is 11.9 Å². The number of rotatable bonds is 7. The Morgan fingerprint density at radius 1 is 0.923 bits per heavy atom. The second-order valence-corrected chi connectivity index (χ2v) is 9.90. The molecule has 0 aliphatic heterocycles. The third-order valence-electron chi connectivity index (χ3n) is 5.91. The number of pyridine rings is 1. The second kappa shape index (κ2) is 11.3. The van der Waals surface area contributed by atoms with Crippen LogP contribution < -0.4 is 0 Å². The predicted octanol–water partition coefficient (Wildman–Crippen LogP) is 8.30. The zero-order valence-electron chi connectivity index (χ0n) is 20.1. The lowest BCUT2D eigenvalue weighted by Gasteiger charge is -2.04. The molecular formula is C30H19Cl3N2O4. The summed E-state index contributed by atoms with van der Waals surface area (Å²) in [6, 6.07) is 20.1. The monoisotopic (exact) mass is 576 g/mol. The first-order chi connectivity index (χ1) is 18.8. The molecule has 0 aliphatic rings. The van der Waals surface area contributed by atoms with E-state index in [9.17, 15) is 14.7 Å². The largest absolute Gasteiger partial charge is 0.477 e. The van der Waals surface area contributed by atoms with Crippen LogP contribution in [0.3, 0.4) is 0 Å². The smallest absolute Gasteiger partial charge is 0.352 e. The van der Waals surface area contributed by atoms with Crippen LogP contribution in [0.2, 0.25) is 15.1 Å². The number of H-pyrrole nitrogens is 1. The molecule has 0 atom stereocenters. The van der Waals surface area contributed by atoms with Gasteiger partial charge in [-0.3, -0.25) is 0 Å². The van der Waals surface area contributed by atoms with E-state index in [4.69, 9.17) is 39.5 Å². The van der Waals surface area contributed by atoms with Crippen molar-refractivity contribution < 1.29 is 19.4 Å². The molecule has 5 rings (SSSR count). The number of aromatic nitrogens is 2. The van der Waals surface area contributed by atoms with E-state index in [0.717, 1.165) is 27.7 Å². The third kappa shape index (κ3) is 6.15. The van der Waals surface area contributed by atoms with Crippen LogP contribution >= 0.6 is 34.8 Å². The Morgan fingerprint density at radius 2 is 1.74 bits per heavy atom. The fourth-order valence-electron chi connectivity index (χ4n) is 4.13. The molecule has 5 aromatic rings. The summed E-state index contributed by atoms with van der Waals surface area (Å²) in [5.74, 6) is -1.83. The first kappa shape index (κ1) is 26.5. The van der Waals surface area contributed by atoms with Crippen LogP contribution in [0, 0.1) is 0 Å². The summed E-state index contributed by atoms with van der Waals surface area (Å²) in [7, 11) is 0. The number of halogens is 3. The molecule has 0 saturated heterocycles.